The molecule has 0 bridgehead atoms. The van der Waals surface area contributed by atoms with E-state index >= 15 is 0 Å². The number of aromatic amines is 1. The molecule has 4 nitrogen and oxygen atoms in total. The summed E-state index contributed by atoms with van der Waals surface area (Å²) in [5, 5.41) is 7.35. The van der Waals surface area contributed by atoms with Crippen LogP contribution >= 0.6 is 0 Å². The number of hydrogen-bond acceptors (Lipinski definition) is 3. The van der Waals surface area contributed by atoms with Crippen LogP contribution in [0.1, 0.15) is 63.5 Å². The Morgan fingerprint density at radius 3 is 2.53 bits per heavy atom. The fraction of sp³-hybridized carbons (Fsp3) is 0.846. The predicted octanol–water partition coefficient (Wildman–Crippen LogP) is 2.38. The first-order valence-corrected chi connectivity index (χ1v) is 6.76. The molecule has 0 aliphatic heterocycles. The molecule has 0 aromatic carbocycles. The number of aromatic nitrogens is 3. The van der Waals surface area contributed by atoms with Crippen LogP contribution in [0.15, 0.2) is 0 Å². The van der Waals surface area contributed by atoms with Gasteiger partial charge in [-0.3, -0.25) is 5.10 Å². The van der Waals surface area contributed by atoms with Gasteiger partial charge in [0.15, 0.2) is 5.82 Å². The molecule has 1 heterocycles. The van der Waals surface area contributed by atoms with Gasteiger partial charge in [0.2, 0.25) is 0 Å². The average molecular weight is 236 g/mol. The summed E-state index contributed by atoms with van der Waals surface area (Å²) in [5.41, 5.74) is 6.26. The first-order valence-electron chi connectivity index (χ1n) is 6.76. The molecule has 0 radical (unpaired) electrons. The molecule has 4 heteroatoms. The molecule has 0 spiro atoms. The number of nitrogens with zero attached hydrogens (tertiary/aromatic N) is 2. The maximum Gasteiger partial charge on any atom is 0.153 e. The van der Waals surface area contributed by atoms with Crippen molar-refractivity contribution < 1.29 is 0 Å². The van der Waals surface area contributed by atoms with E-state index in [9.17, 15) is 0 Å². The Kier molecular flexibility index (Phi) is 3.82. The highest BCUT2D eigenvalue weighted by molar-refractivity contribution is 5.00. The zero-order chi connectivity index (χ0) is 12.3. The Bertz CT molecular complexity index is 350. The van der Waals surface area contributed by atoms with Crippen LogP contribution in [0.2, 0.25) is 0 Å². The summed E-state index contributed by atoms with van der Waals surface area (Å²) >= 11 is 0. The SMILES string of the molecule is CC(C)c1n[nH]c(CC2(CN)CCCCC2)n1. The second-order valence-corrected chi connectivity index (χ2v) is 5.74. The molecule has 1 aromatic heterocycles. The second kappa shape index (κ2) is 5.17. The minimum Gasteiger partial charge on any atom is -0.330 e. The van der Waals surface area contributed by atoms with E-state index in [0.717, 1.165) is 24.6 Å². The Balaban J connectivity index is 2.06. The topological polar surface area (TPSA) is 67.6 Å². The number of nitrogens with two attached hydrogens (primary N) is 1. The van der Waals surface area contributed by atoms with Crippen LogP contribution < -0.4 is 5.73 Å². The van der Waals surface area contributed by atoms with Gasteiger partial charge in [-0.25, -0.2) is 4.98 Å². The first kappa shape index (κ1) is 12.6. The van der Waals surface area contributed by atoms with Gasteiger partial charge in [0.05, 0.1) is 0 Å². The van der Waals surface area contributed by atoms with Gasteiger partial charge in [0.25, 0.3) is 0 Å². The number of rotatable bonds is 4. The third-order valence-corrected chi connectivity index (χ3v) is 3.96. The van der Waals surface area contributed by atoms with Crippen LogP contribution in [0.4, 0.5) is 0 Å². The van der Waals surface area contributed by atoms with Crippen molar-refractivity contribution in [1.82, 2.24) is 15.2 Å². The van der Waals surface area contributed by atoms with Gasteiger partial charge in [-0.05, 0) is 24.8 Å². The van der Waals surface area contributed by atoms with Crippen LogP contribution in [0, 0.1) is 5.41 Å². The van der Waals surface area contributed by atoms with Gasteiger partial charge in [-0.15, -0.1) is 0 Å². The predicted molar refractivity (Wildman–Crippen MR) is 68.7 cm³/mol. The molecule has 1 aliphatic carbocycles. The van der Waals surface area contributed by atoms with E-state index in [-0.39, 0.29) is 5.41 Å². The van der Waals surface area contributed by atoms with Crippen molar-refractivity contribution in [3.05, 3.63) is 11.6 Å². The van der Waals surface area contributed by atoms with E-state index in [1.807, 2.05) is 0 Å². The summed E-state index contributed by atoms with van der Waals surface area (Å²) in [7, 11) is 0. The van der Waals surface area contributed by atoms with E-state index in [2.05, 4.69) is 29.0 Å². The van der Waals surface area contributed by atoms with Crippen LogP contribution in [0.25, 0.3) is 0 Å². The quantitative estimate of drug-likeness (QED) is 0.843. The van der Waals surface area contributed by atoms with Crippen molar-refractivity contribution >= 4 is 0 Å². The lowest BCUT2D eigenvalue weighted by Crippen LogP contribution is -2.35. The average Bonchev–Trinajstić information content (AvgIpc) is 2.79. The maximum absolute atomic E-state index is 5.99. The number of H-pyrrole nitrogens is 1. The van der Waals surface area contributed by atoms with Crippen molar-refractivity contribution in [1.29, 1.82) is 0 Å². The number of nitrogens with one attached hydrogen (secondary N) is 1. The summed E-state index contributed by atoms with van der Waals surface area (Å²) in [5.74, 6) is 2.32. The monoisotopic (exact) mass is 236 g/mol. The van der Waals surface area contributed by atoms with Gasteiger partial charge in [-0.2, -0.15) is 5.10 Å². The molecule has 96 valence electrons. The molecule has 0 amide bonds. The number of hydrogen-bond donors (Lipinski definition) is 2. The van der Waals surface area contributed by atoms with Crippen molar-refractivity contribution in [2.24, 2.45) is 11.1 Å². The molecule has 1 saturated carbocycles. The summed E-state index contributed by atoms with van der Waals surface area (Å²) in [6.07, 6.45) is 7.41. The normalized spacial score (nSPS) is 19.8. The molecule has 0 atom stereocenters. The van der Waals surface area contributed by atoms with E-state index in [0.29, 0.717) is 5.92 Å². The van der Waals surface area contributed by atoms with Crippen LogP contribution in [-0.4, -0.2) is 21.7 Å². The molecule has 3 N–H and O–H groups in total. The van der Waals surface area contributed by atoms with Gasteiger partial charge < -0.3 is 5.73 Å². The molecular formula is C13H24N4. The van der Waals surface area contributed by atoms with Gasteiger partial charge in [0, 0.05) is 12.3 Å². The van der Waals surface area contributed by atoms with Crippen molar-refractivity contribution in [3.8, 4) is 0 Å². The van der Waals surface area contributed by atoms with Crippen LogP contribution in [-0.2, 0) is 6.42 Å². The second-order valence-electron chi connectivity index (χ2n) is 5.74. The summed E-state index contributed by atoms with van der Waals surface area (Å²) in [6, 6.07) is 0. The van der Waals surface area contributed by atoms with Crippen molar-refractivity contribution in [3.63, 3.8) is 0 Å². The molecule has 1 fully saturated rings. The lowest BCUT2D eigenvalue weighted by Gasteiger charge is -2.35. The molecular weight excluding hydrogens is 212 g/mol. The Morgan fingerprint density at radius 2 is 2.00 bits per heavy atom. The van der Waals surface area contributed by atoms with E-state index < -0.39 is 0 Å². The Hall–Kier alpha value is -0.900. The van der Waals surface area contributed by atoms with E-state index in [4.69, 9.17) is 5.73 Å². The summed E-state index contributed by atoms with van der Waals surface area (Å²) < 4.78 is 0. The molecule has 1 aromatic rings. The van der Waals surface area contributed by atoms with E-state index in [1.54, 1.807) is 0 Å². The minimum absolute atomic E-state index is 0.270. The Morgan fingerprint density at radius 1 is 1.29 bits per heavy atom. The third kappa shape index (κ3) is 2.86. The smallest absolute Gasteiger partial charge is 0.153 e. The van der Waals surface area contributed by atoms with Crippen LogP contribution in [0.5, 0.6) is 0 Å². The van der Waals surface area contributed by atoms with Gasteiger partial charge in [0.1, 0.15) is 5.82 Å². The fourth-order valence-electron chi connectivity index (χ4n) is 2.76. The molecule has 0 saturated heterocycles. The summed E-state index contributed by atoms with van der Waals surface area (Å²) in [4.78, 5) is 4.57. The van der Waals surface area contributed by atoms with Gasteiger partial charge >= 0.3 is 0 Å². The largest absolute Gasteiger partial charge is 0.330 e. The summed E-state index contributed by atoms with van der Waals surface area (Å²) in [6.45, 7) is 5.00. The molecule has 17 heavy (non-hydrogen) atoms. The van der Waals surface area contributed by atoms with Gasteiger partial charge in [-0.1, -0.05) is 33.1 Å². The van der Waals surface area contributed by atoms with E-state index in [1.165, 1.54) is 32.1 Å². The van der Waals surface area contributed by atoms with Crippen LogP contribution in [0.3, 0.4) is 0 Å². The highest BCUT2D eigenvalue weighted by Crippen LogP contribution is 2.37. The highest BCUT2D eigenvalue weighted by atomic mass is 15.2. The highest BCUT2D eigenvalue weighted by Gasteiger charge is 2.32. The minimum atomic E-state index is 0.270. The lowest BCUT2D eigenvalue weighted by atomic mass is 9.72. The Labute approximate surface area is 103 Å². The zero-order valence-electron chi connectivity index (χ0n) is 11.0. The first-order chi connectivity index (χ1) is 8.15. The fourth-order valence-corrected chi connectivity index (χ4v) is 2.76. The molecule has 1 aliphatic rings. The standard InChI is InChI=1S/C13H24N4/c1-10(2)12-15-11(16-17-12)8-13(9-14)6-4-3-5-7-13/h10H,3-9,14H2,1-2H3,(H,15,16,17). The van der Waals surface area contributed by atoms with Crippen molar-refractivity contribution in [2.45, 2.75) is 58.3 Å². The zero-order valence-corrected chi connectivity index (χ0v) is 11.0. The third-order valence-electron chi connectivity index (χ3n) is 3.96. The lowest BCUT2D eigenvalue weighted by molar-refractivity contribution is 0.193. The molecule has 2 rings (SSSR count). The maximum atomic E-state index is 5.99. The molecule has 0 unspecified atom stereocenters. The van der Waals surface area contributed by atoms with Crippen molar-refractivity contribution in [2.75, 3.05) is 6.54 Å².